The van der Waals surface area contributed by atoms with E-state index in [2.05, 4.69) is 10.2 Å². The van der Waals surface area contributed by atoms with E-state index in [1.54, 1.807) is 11.3 Å². The van der Waals surface area contributed by atoms with Crippen LogP contribution in [0.3, 0.4) is 0 Å². The molecule has 1 amide bonds. The number of aliphatic carboxylic acids is 2. The fraction of sp³-hybridized carbons (Fsp3) is 0.600. The third kappa shape index (κ3) is 6.81. The van der Waals surface area contributed by atoms with E-state index in [1.165, 1.54) is 11.3 Å². The number of carbonyl (C=O) groups excluding carboxylic acids is 2. The van der Waals surface area contributed by atoms with E-state index in [-0.39, 0.29) is 11.9 Å². The largest absolute Gasteiger partial charge is 0.473 e. The Labute approximate surface area is 179 Å². The van der Waals surface area contributed by atoms with Gasteiger partial charge in [0, 0.05) is 4.88 Å². The summed E-state index contributed by atoms with van der Waals surface area (Å²) in [4.78, 5) is 46.4. The Kier molecular flexibility index (Phi) is 9.25. The van der Waals surface area contributed by atoms with Crippen molar-refractivity contribution in [2.45, 2.75) is 51.9 Å². The van der Waals surface area contributed by atoms with Crippen LogP contribution in [0.5, 0.6) is 0 Å². The summed E-state index contributed by atoms with van der Waals surface area (Å²) in [6.07, 6.45) is 7.72. The number of fused-ring (bicyclic) bond motifs is 1. The topological polar surface area (TPSA) is 133 Å². The molecular formula is C20H28N2O7S. The van der Waals surface area contributed by atoms with Crippen LogP contribution in [0.15, 0.2) is 0 Å². The number of hydrogen-bond donors (Lipinski definition) is 3. The molecule has 0 unspecified atom stereocenters. The van der Waals surface area contributed by atoms with E-state index in [1.807, 2.05) is 6.92 Å². The lowest BCUT2D eigenvalue weighted by atomic mass is 9.95. The number of amides is 1. The lowest BCUT2D eigenvalue weighted by Gasteiger charge is -2.25. The van der Waals surface area contributed by atoms with Gasteiger partial charge in [0.1, 0.15) is 5.00 Å². The molecule has 0 spiro atoms. The molecule has 30 heavy (non-hydrogen) atoms. The highest BCUT2D eigenvalue weighted by atomic mass is 32.1. The maximum Gasteiger partial charge on any atom is 0.414 e. The van der Waals surface area contributed by atoms with Gasteiger partial charge in [-0.05, 0) is 64.1 Å². The highest BCUT2D eigenvalue weighted by molar-refractivity contribution is 7.17. The van der Waals surface area contributed by atoms with Gasteiger partial charge in [0.2, 0.25) is 5.91 Å². The van der Waals surface area contributed by atoms with Gasteiger partial charge in [0.05, 0.1) is 18.7 Å². The van der Waals surface area contributed by atoms with Crippen LogP contribution in [0, 0.1) is 0 Å². The van der Waals surface area contributed by atoms with Crippen LogP contribution in [-0.4, -0.2) is 65.2 Å². The number of carboxylic acid groups (broad SMARTS) is 2. The van der Waals surface area contributed by atoms with Crippen molar-refractivity contribution in [1.82, 2.24) is 4.90 Å². The zero-order valence-electron chi connectivity index (χ0n) is 17.1. The van der Waals surface area contributed by atoms with E-state index in [4.69, 9.17) is 24.5 Å². The second-order valence-electron chi connectivity index (χ2n) is 7.13. The van der Waals surface area contributed by atoms with Crippen molar-refractivity contribution in [3.8, 4) is 0 Å². The number of rotatable bonds is 5. The van der Waals surface area contributed by atoms with Crippen molar-refractivity contribution < 1.29 is 34.1 Å². The second-order valence-corrected chi connectivity index (χ2v) is 8.24. The first-order valence-corrected chi connectivity index (χ1v) is 10.9. The average Bonchev–Trinajstić information content (AvgIpc) is 3.07. The number of carboxylic acids is 2. The molecule has 1 fully saturated rings. The standard InChI is InChI=1S/C18H26N2O3S.C2H2O4/c1-2-23-18(22)16-13-8-4-5-9-14(13)24-17(16)19-15(21)12-20-10-6-3-7-11-20;3-1(4)2(5)6/h2-12H2,1H3,(H,19,21);(H,3,4)(H,5,6). The molecule has 0 radical (unpaired) electrons. The highest BCUT2D eigenvalue weighted by Gasteiger charge is 2.27. The summed E-state index contributed by atoms with van der Waals surface area (Å²) in [6.45, 7) is 4.54. The number of aryl methyl sites for hydroxylation is 1. The van der Waals surface area contributed by atoms with Crippen LogP contribution in [0.4, 0.5) is 5.00 Å². The summed E-state index contributed by atoms with van der Waals surface area (Å²) in [5.41, 5.74) is 1.70. The van der Waals surface area contributed by atoms with Crippen LogP contribution < -0.4 is 5.32 Å². The first-order chi connectivity index (χ1) is 14.3. The molecule has 1 aromatic rings. The van der Waals surface area contributed by atoms with Crippen LogP contribution in [-0.2, 0) is 32.0 Å². The van der Waals surface area contributed by atoms with Crippen molar-refractivity contribution in [3.05, 3.63) is 16.0 Å². The molecule has 1 saturated heterocycles. The van der Waals surface area contributed by atoms with Crippen LogP contribution in [0.2, 0.25) is 0 Å². The fourth-order valence-electron chi connectivity index (χ4n) is 3.56. The third-order valence-corrected chi connectivity index (χ3v) is 6.11. The summed E-state index contributed by atoms with van der Waals surface area (Å²) < 4.78 is 5.23. The number of esters is 1. The Hall–Kier alpha value is -2.46. The third-order valence-electron chi connectivity index (χ3n) is 4.90. The van der Waals surface area contributed by atoms with E-state index in [0.29, 0.717) is 23.7 Å². The first-order valence-electron chi connectivity index (χ1n) is 10.1. The predicted octanol–water partition coefficient (Wildman–Crippen LogP) is 2.38. The molecule has 166 valence electrons. The van der Waals surface area contributed by atoms with Crippen molar-refractivity contribution in [3.63, 3.8) is 0 Å². The zero-order valence-corrected chi connectivity index (χ0v) is 17.9. The molecule has 9 nitrogen and oxygen atoms in total. The summed E-state index contributed by atoms with van der Waals surface area (Å²) in [5, 5.41) is 18.5. The normalized spacial score (nSPS) is 15.9. The first kappa shape index (κ1) is 23.8. The van der Waals surface area contributed by atoms with Gasteiger partial charge < -0.3 is 20.3 Å². The summed E-state index contributed by atoms with van der Waals surface area (Å²) in [5.74, 6) is -3.98. The Morgan fingerprint density at radius 3 is 2.23 bits per heavy atom. The minimum atomic E-state index is -1.82. The van der Waals surface area contributed by atoms with Crippen molar-refractivity contribution in [2.24, 2.45) is 0 Å². The summed E-state index contributed by atoms with van der Waals surface area (Å²) >= 11 is 1.56. The number of carbonyl (C=O) groups is 4. The molecule has 2 heterocycles. The molecule has 0 saturated carbocycles. The smallest absolute Gasteiger partial charge is 0.414 e. The molecule has 3 rings (SSSR count). The fourth-order valence-corrected chi connectivity index (χ4v) is 4.85. The SMILES string of the molecule is CCOC(=O)c1c(NC(=O)CN2CCCCC2)sc2c1CCCC2.O=C(O)C(=O)O. The van der Waals surface area contributed by atoms with E-state index < -0.39 is 11.9 Å². The van der Waals surface area contributed by atoms with Gasteiger partial charge >= 0.3 is 17.9 Å². The minimum absolute atomic E-state index is 0.0268. The highest BCUT2D eigenvalue weighted by Crippen LogP contribution is 2.38. The number of likely N-dealkylation sites (tertiary alicyclic amines) is 1. The number of piperidine rings is 1. The van der Waals surface area contributed by atoms with Crippen molar-refractivity contribution in [2.75, 3.05) is 31.6 Å². The molecule has 10 heteroatoms. The molecule has 1 aliphatic carbocycles. The van der Waals surface area contributed by atoms with Crippen LogP contribution in [0.25, 0.3) is 0 Å². The van der Waals surface area contributed by atoms with Crippen molar-refractivity contribution >= 4 is 40.2 Å². The van der Waals surface area contributed by atoms with E-state index in [0.717, 1.165) is 57.2 Å². The Bertz CT molecular complexity index is 772. The number of nitrogens with one attached hydrogen (secondary N) is 1. The molecule has 2 aliphatic rings. The van der Waals surface area contributed by atoms with E-state index >= 15 is 0 Å². The van der Waals surface area contributed by atoms with Gasteiger partial charge in [-0.2, -0.15) is 0 Å². The van der Waals surface area contributed by atoms with Gasteiger partial charge in [-0.25, -0.2) is 14.4 Å². The number of hydrogen-bond acceptors (Lipinski definition) is 7. The summed E-state index contributed by atoms with van der Waals surface area (Å²) in [7, 11) is 0. The number of thiophene rings is 1. The Balaban J connectivity index is 0.000000469. The molecule has 1 aromatic heterocycles. The Morgan fingerprint density at radius 1 is 1.00 bits per heavy atom. The molecule has 0 atom stereocenters. The average molecular weight is 441 g/mol. The lowest BCUT2D eigenvalue weighted by molar-refractivity contribution is -0.159. The van der Waals surface area contributed by atoms with Gasteiger partial charge in [0.15, 0.2) is 0 Å². The monoisotopic (exact) mass is 440 g/mol. The quantitative estimate of drug-likeness (QED) is 0.469. The van der Waals surface area contributed by atoms with Gasteiger partial charge in [-0.1, -0.05) is 6.42 Å². The Morgan fingerprint density at radius 2 is 1.63 bits per heavy atom. The number of anilines is 1. The molecule has 1 aliphatic heterocycles. The molecule has 0 bridgehead atoms. The second kappa shape index (κ2) is 11.7. The maximum atomic E-state index is 12.4. The van der Waals surface area contributed by atoms with Gasteiger partial charge in [-0.3, -0.25) is 9.69 Å². The van der Waals surface area contributed by atoms with Crippen LogP contribution in [0.1, 0.15) is 59.8 Å². The summed E-state index contributed by atoms with van der Waals surface area (Å²) in [6, 6.07) is 0. The molecule has 0 aromatic carbocycles. The minimum Gasteiger partial charge on any atom is -0.473 e. The van der Waals surface area contributed by atoms with Gasteiger partial charge in [0.25, 0.3) is 0 Å². The lowest BCUT2D eigenvalue weighted by Crippen LogP contribution is -2.36. The number of nitrogens with zero attached hydrogens (tertiary/aromatic N) is 1. The predicted molar refractivity (Wildman–Crippen MR) is 111 cm³/mol. The molecule has 3 N–H and O–H groups in total. The van der Waals surface area contributed by atoms with Crippen LogP contribution >= 0.6 is 11.3 Å². The van der Waals surface area contributed by atoms with E-state index in [9.17, 15) is 9.59 Å². The van der Waals surface area contributed by atoms with Crippen molar-refractivity contribution in [1.29, 1.82) is 0 Å². The maximum absolute atomic E-state index is 12.4. The van der Waals surface area contributed by atoms with Gasteiger partial charge in [-0.15, -0.1) is 11.3 Å². The number of ether oxygens (including phenoxy) is 1. The zero-order chi connectivity index (χ0) is 22.1. The molecular weight excluding hydrogens is 412 g/mol.